The summed E-state index contributed by atoms with van der Waals surface area (Å²) < 4.78 is 5.75. The van der Waals surface area contributed by atoms with Gasteiger partial charge in [0.25, 0.3) is 0 Å². The van der Waals surface area contributed by atoms with Gasteiger partial charge in [-0.3, -0.25) is 9.89 Å². The second kappa shape index (κ2) is 8.69. The van der Waals surface area contributed by atoms with E-state index >= 15 is 0 Å². The molecular weight excluding hydrogens is 352 g/mol. The van der Waals surface area contributed by atoms with E-state index in [0.29, 0.717) is 18.1 Å². The van der Waals surface area contributed by atoms with E-state index in [-0.39, 0.29) is 18.2 Å². The number of nitrogens with one attached hydrogen (secondary N) is 2. The monoisotopic (exact) mass is 378 g/mol. The quantitative estimate of drug-likeness (QED) is 0.629. The fourth-order valence-corrected chi connectivity index (χ4v) is 2.87. The van der Waals surface area contributed by atoms with Gasteiger partial charge in [0, 0.05) is 11.5 Å². The van der Waals surface area contributed by atoms with Crippen molar-refractivity contribution in [3.63, 3.8) is 0 Å². The highest BCUT2D eigenvalue weighted by Crippen LogP contribution is 2.26. The average Bonchev–Trinajstić information content (AvgIpc) is 3.14. The van der Waals surface area contributed by atoms with E-state index < -0.39 is 0 Å². The Balaban J connectivity index is 1.62. The van der Waals surface area contributed by atoms with Crippen LogP contribution in [0.1, 0.15) is 43.1 Å². The Labute approximate surface area is 165 Å². The molecule has 0 saturated carbocycles. The van der Waals surface area contributed by atoms with Gasteiger partial charge in [-0.05, 0) is 37.6 Å². The van der Waals surface area contributed by atoms with Gasteiger partial charge in [-0.1, -0.05) is 43.7 Å². The molecule has 6 nitrogen and oxygen atoms in total. The minimum absolute atomic E-state index is 0.114. The molecule has 0 spiro atoms. The fraction of sp³-hybridized carbons (Fsp3) is 0.318. The number of H-pyrrole nitrogens is 1. The minimum atomic E-state index is -0.114. The van der Waals surface area contributed by atoms with Gasteiger partial charge in [0.2, 0.25) is 5.91 Å². The van der Waals surface area contributed by atoms with E-state index in [2.05, 4.69) is 26.6 Å². The predicted molar refractivity (Wildman–Crippen MR) is 111 cm³/mol. The molecule has 0 atom stereocenters. The zero-order valence-corrected chi connectivity index (χ0v) is 16.7. The zero-order chi connectivity index (χ0) is 20.1. The summed E-state index contributed by atoms with van der Waals surface area (Å²) in [6.45, 7) is 8.46. The Morgan fingerprint density at radius 2 is 1.96 bits per heavy atom. The van der Waals surface area contributed by atoms with Crippen molar-refractivity contribution in [2.24, 2.45) is 0 Å². The summed E-state index contributed by atoms with van der Waals surface area (Å²) in [6.07, 6.45) is 0.257. The van der Waals surface area contributed by atoms with Gasteiger partial charge < -0.3 is 10.1 Å². The number of aromatic nitrogens is 3. The molecule has 6 heteroatoms. The molecule has 1 heterocycles. The van der Waals surface area contributed by atoms with E-state index in [4.69, 9.17) is 4.74 Å². The molecule has 0 fully saturated rings. The van der Waals surface area contributed by atoms with Crippen LogP contribution in [-0.4, -0.2) is 27.7 Å². The Morgan fingerprint density at radius 3 is 2.68 bits per heavy atom. The van der Waals surface area contributed by atoms with Crippen molar-refractivity contribution >= 4 is 11.6 Å². The number of hydrogen-bond acceptors (Lipinski definition) is 4. The van der Waals surface area contributed by atoms with Crippen molar-refractivity contribution in [1.29, 1.82) is 0 Å². The molecule has 0 aliphatic heterocycles. The van der Waals surface area contributed by atoms with Crippen LogP contribution in [0.3, 0.4) is 0 Å². The number of anilines is 1. The van der Waals surface area contributed by atoms with Crippen LogP contribution < -0.4 is 10.1 Å². The van der Waals surface area contributed by atoms with Crippen LogP contribution in [0.25, 0.3) is 11.4 Å². The third-order valence-electron chi connectivity index (χ3n) is 4.41. The first-order chi connectivity index (χ1) is 13.4. The standard InChI is InChI=1S/C22H26N4O2/c1-14(2)21-24-22(26-25-21)17-7-5-6-8-18(17)23-20(27)11-12-28-19-10-9-15(3)13-16(19)4/h5-10,13-14H,11-12H2,1-4H3,(H,23,27)(H,24,25,26). The van der Waals surface area contributed by atoms with Crippen LogP contribution in [-0.2, 0) is 4.79 Å². The van der Waals surface area contributed by atoms with Crippen LogP contribution >= 0.6 is 0 Å². The number of benzene rings is 2. The van der Waals surface area contributed by atoms with E-state index in [0.717, 1.165) is 22.7 Å². The van der Waals surface area contributed by atoms with Crippen molar-refractivity contribution in [3.05, 3.63) is 59.4 Å². The molecule has 0 unspecified atom stereocenters. The number of amides is 1. The Hall–Kier alpha value is -3.15. The van der Waals surface area contributed by atoms with E-state index in [1.165, 1.54) is 5.56 Å². The second-order valence-electron chi connectivity index (χ2n) is 7.16. The number of rotatable bonds is 7. The smallest absolute Gasteiger partial charge is 0.227 e. The maximum atomic E-state index is 12.4. The van der Waals surface area contributed by atoms with Gasteiger partial charge in [-0.15, -0.1) is 0 Å². The van der Waals surface area contributed by atoms with Gasteiger partial charge >= 0.3 is 0 Å². The molecule has 0 saturated heterocycles. The van der Waals surface area contributed by atoms with Crippen molar-refractivity contribution in [2.75, 3.05) is 11.9 Å². The molecule has 3 aromatic rings. The lowest BCUT2D eigenvalue weighted by Gasteiger charge is -2.11. The summed E-state index contributed by atoms with van der Waals surface area (Å²) >= 11 is 0. The van der Waals surface area contributed by atoms with Gasteiger partial charge in [0.1, 0.15) is 11.6 Å². The summed E-state index contributed by atoms with van der Waals surface area (Å²) in [5, 5.41) is 10.2. The second-order valence-corrected chi connectivity index (χ2v) is 7.16. The van der Waals surface area contributed by atoms with Crippen molar-refractivity contribution < 1.29 is 9.53 Å². The molecule has 2 N–H and O–H groups in total. The van der Waals surface area contributed by atoms with E-state index in [1.54, 1.807) is 0 Å². The molecule has 1 amide bonds. The Kier molecular flexibility index (Phi) is 6.09. The summed E-state index contributed by atoms with van der Waals surface area (Å²) in [5.74, 6) is 2.34. The number of hydrogen-bond donors (Lipinski definition) is 2. The van der Waals surface area contributed by atoms with Gasteiger partial charge in [-0.2, -0.15) is 5.10 Å². The van der Waals surface area contributed by atoms with Crippen LogP contribution in [0.15, 0.2) is 42.5 Å². The molecule has 0 aliphatic rings. The molecule has 0 aliphatic carbocycles. The molecule has 0 bridgehead atoms. The topological polar surface area (TPSA) is 79.9 Å². The highest BCUT2D eigenvalue weighted by Gasteiger charge is 2.14. The minimum Gasteiger partial charge on any atom is -0.493 e. The number of aryl methyl sites for hydroxylation is 2. The number of nitrogens with zero attached hydrogens (tertiary/aromatic N) is 2. The molecule has 2 aromatic carbocycles. The van der Waals surface area contributed by atoms with Crippen molar-refractivity contribution in [1.82, 2.24) is 15.2 Å². The summed E-state index contributed by atoms with van der Waals surface area (Å²) in [7, 11) is 0. The summed E-state index contributed by atoms with van der Waals surface area (Å²) in [5.41, 5.74) is 3.73. The molecule has 0 radical (unpaired) electrons. The fourth-order valence-electron chi connectivity index (χ4n) is 2.87. The molecule has 1 aromatic heterocycles. The number of carbonyl (C=O) groups excluding carboxylic acids is 1. The van der Waals surface area contributed by atoms with Crippen LogP contribution in [0.4, 0.5) is 5.69 Å². The first-order valence-corrected chi connectivity index (χ1v) is 9.45. The molecule has 3 rings (SSSR count). The normalized spacial score (nSPS) is 10.9. The average molecular weight is 378 g/mol. The van der Waals surface area contributed by atoms with E-state index in [9.17, 15) is 4.79 Å². The van der Waals surface area contributed by atoms with Crippen LogP contribution in [0.5, 0.6) is 5.75 Å². The first kappa shape index (κ1) is 19.6. The molecular formula is C22H26N4O2. The third-order valence-corrected chi connectivity index (χ3v) is 4.41. The van der Waals surface area contributed by atoms with Gasteiger partial charge in [0.05, 0.1) is 18.7 Å². The van der Waals surface area contributed by atoms with Gasteiger partial charge in [-0.25, -0.2) is 4.98 Å². The van der Waals surface area contributed by atoms with Crippen LogP contribution in [0, 0.1) is 13.8 Å². The lowest BCUT2D eigenvalue weighted by atomic mass is 10.1. The number of para-hydroxylation sites is 1. The highest BCUT2D eigenvalue weighted by atomic mass is 16.5. The van der Waals surface area contributed by atoms with Crippen molar-refractivity contribution in [3.8, 4) is 17.1 Å². The SMILES string of the molecule is Cc1ccc(OCCC(=O)Nc2ccccc2-c2n[nH]c(C(C)C)n2)c(C)c1. The highest BCUT2D eigenvalue weighted by molar-refractivity contribution is 5.94. The summed E-state index contributed by atoms with van der Waals surface area (Å²) in [6, 6.07) is 13.5. The maximum Gasteiger partial charge on any atom is 0.227 e. The summed E-state index contributed by atoms with van der Waals surface area (Å²) in [4.78, 5) is 16.9. The third kappa shape index (κ3) is 4.76. The Morgan fingerprint density at radius 1 is 1.18 bits per heavy atom. The van der Waals surface area contributed by atoms with E-state index in [1.807, 2.05) is 64.1 Å². The largest absolute Gasteiger partial charge is 0.493 e. The Bertz CT molecular complexity index is 963. The van der Waals surface area contributed by atoms with Crippen molar-refractivity contribution in [2.45, 2.75) is 40.0 Å². The lowest BCUT2D eigenvalue weighted by molar-refractivity contribution is -0.116. The number of ether oxygens (including phenoxy) is 1. The number of carbonyl (C=O) groups is 1. The molecule has 28 heavy (non-hydrogen) atoms. The van der Waals surface area contributed by atoms with Gasteiger partial charge in [0.15, 0.2) is 5.82 Å². The molecule has 146 valence electrons. The first-order valence-electron chi connectivity index (χ1n) is 9.45. The maximum absolute atomic E-state index is 12.4. The van der Waals surface area contributed by atoms with Crippen LogP contribution in [0.2, 0.25) is 0 Å². The number of aromatic amines is 1. The lowest BCUT2D eigenvalue weighted by Crippen LogP contribution is -2.16. The zero-order valence-electron chi connectivity index (χ0n) is 16.7. The predicted octanol–water partition coefficient (Wildman–Crippen LogP) is 4.62.